The molecule has 0 unspecified atom stereocenters. The molecule has 2 rings (SSSR count). The molecule has 0 aliphatic rings. The smallest absolute Gasteiger partial charge is 0.133 e. The van der Waals surface area contributed by atoms with E-state index in [0.29, 0.717) is 13.1 Å². The van der Waals surface area contributed by atoms with Gasteiger partial charge in [-0.3, -0.25) is 0 Å². The summed E-state index contributed by atoms with van der Waals surface area (Å²) in [7, 11) is 0. The maximum atomic E-state index is 9.56. The van der Waals surface area contributed by atoms with Gasteiger partial charge >= 0.3 is 0 Å². The molecule has 0 aliphatic heterocycles. The van der Waals surface area contributed by atoms with E-state index in [0.717, 1.165) is 17.0 Å². The van der Waals surface area contributed by atoms with Crippen molar-refractivity contribution in [3.8, 4) is 11.5 Å². The average Bonchev–Trinajstić information content (AvgIpc) is 2.68. The molecule has 5 nitrogen and oxygen atoms in total. The summed E-state index contributed by atoms with van der Waals surface area (Å²) in [6.07, 6.45) is 0. The number of aromatic hydroxyl groups is 2. The summed E-state index contributed by atoms with van der Waals surface area (Å²) < 4.78 is 4.93. The lowest BCUT2D eigenvalue weighted by Gasteiger charge is -2.05. The maximum Gasteiger partial charge on any atom is 0.133 e. The molecular weight excluding hydrogens is 220 g/mol. The Morgan fingerprint density at radius 3 is 2.71 bits per heavy atom. The van der Waals surface area contributed by atoms with E-state index >= 15 is 0 Å². The van der Waals surface area contributed by atoms with Crippen LogP contribution in [0.1, 0.15) is 17.0 Å². The molecule has 2 aromatic rings. The molecular formula is C12H14N2O3. The fraction of sp³-hybridized carbons (Fsp3) is 0.250. The van der Waals surface area contributed by atoms with Gasteiger partial charge in [-0.25, -0.2) is 0 Å². The molecule has 90 valence electrons. The Labute approximate surface area is 98.7 Å². The van der Waals surface area contributed by atoms with Crippen molar-refractivity contribution >= 4 is 0 Å². The molecule has 0 saturated carbocycles. The lowest BCUT2D eigenvalue weighted by Crippen LogP contribution is -2.12. The van der Waals surface area contributed by atoms with Crippen LogP contribution in [-0.2, 0) is 13.1 Å². The zero-order valence-corrected chi connectivity index (χ0v) is 9.47. The van der Waals surface area contributed by atoms with Crippen molar-refractivity contribution < 1.29 is 14.7 Å². The highest BCUT2D eigenvalue weighted by Gasteiger charge is 2.03. The fourth-order valence-electron chi connectivity index (χ4n) is 1.53. The Balaban J connectivity index is 1.90. The summed E-state index contributed by atoms with van der Waals surface area (Å²) in [6, 6.07) is 6.38. The minimum absolute atomic E-state index is 0.0541. The summed E-state index contributed by atoms with van der Waals surface area (Å²) in [6.45, 7) is 2.90. The molecule has 0 amide bonds. The van der Waals surface area contributed by atoms with Crippen LogP contribution in [0.15, 0.2) is 28.8 Å². The predicted molar refractivity (Wildman–Crippen MR) is 61.6 cm³/mol. The number of nitrogens with zero attached hydrogens (tertiary/aromatic N) is 1. The maximum absolute atomic E-state index is 9.56. The number of aryl methyl sites for hydroxylation is 1. The van der Waals surface area contributed by atoms with E-state index in [1.54, 1.807) is 6.07 Å². The third-order valence-electron chi connectivity index (χ3n) is 2.37. The van der Waals surface area contributed by atoms with Gasteiger partial charge in [-0.05, 0) is 13.0 Å². The molecule has 17 heavy (non-hydrogen) atoms. The van der Waals surface area contributed by atoms with Gasteiger partial charge in [-0.2, -0.15) is 0 Å². The summed E-state index contributed by atoms with van der Waals surface area (Å²) in [4.78, 5) is 0. The molecule has 0 bridgehead atoms. The first-order chi connectivity index (χ1) is 8.15. The highest BCUT2D eigenvalue weighted by atomic mass is 16.5. The molecule has 1 aromatic heterocycles. The number of aromatic nitrogens is 1. The Hall–Kier alpha value is -2.01. The quantitative estimate of drug-likeness (QED) is 0.750. The first-order valence-electron chi connectivity index (χ1n) is 5.29. The average molecular weight is 234 g/mol. The second-order valence-corrected chi connectivity index (χ2v) is 3.85. The van der Waals surface area contributed by atoms with Gasteiger partial charge in [0.1, 0.15) is 17.3 Å². The number of phenols is 2. The van der Waals surface area contributed by atoms with Gasteiger partial charge in [-0.1, -0.05) is 11.2 Å². The molecule has 1 aromatic carbocycles. The van der Waals surface area contributed by atoms with Crippen LogP contribution >= 0.6 is 0 Å². The van der Waals surface area contributed by atoms with E-state index in [1.165, 1.54) is 12.1 Å². The summed E-state index contributed by atoms with van der Waals surface area (Å²) in [5.41, 5.74) is 1.55. The Kier molecular flexibility index (Phi) is 3.30. The first-order valence-corrected chi connectivity index (χ1v) is 5.29. The van der Waals surface area contributed by atoms with Gasteiger partial charge < -0.3 is 20.1 Å². The number of hydrogen-bond donors (Lipinski definition) is 3. The highest BCUT2D eigenvalue weighted by Crippen LogP contribution is 2.22. The van der Waals surface area contributed by atoms with Crippen LogP contribution < -0.4 is 5.32 Å². The van der Waals surface area contributed by atoms with Crippen LogP contribution in [-0.4, -0.2) is 15.4 Å². The minimum Gasteiger partial charge on any atom is -0.508 e. The molecule has 0 aliphatic carbocycles. The number of phenolic OH excluding ortho intramolecular Hbond substituents is 2. The van der Waals surface area contributed by atoms with Crippen LogP contribution in [0.5, 0.6) is 11.5 Å². The van der Waals surface area contributed by atoms with E-state index < -0.39 is 0 Å². The largest absolute Gasteiger partial charge is 0.508 e. The summed E-state index contributed by atoms with van der Waals surface area (Å²) in [5.74, 6) is 0.904. The van der Waals surface area contributed by atoms with Crippen molar-refractivity contribution in [3.63, 3.8) is 0 Å². The van der Waals surface area contributed by atoms with Gasteiger partial charge in [0.05, 0.1) is 5.69 Å². The lowest BCUT2D eigenvalue weighted by atomic mass is 10.2. The zero-order chi connectivity index (χ0) is 12.3. The molecule has 1 heterocycles. The van der Waals surface area contributed by atoms with E-state index in [1.807, 2.05) is 13.0 Å². The zero-order valence-electron chi connectivity index (χ0n) is 9.47. The highest BCUT2D eigenvalue weighted by molar-refractivity contribution is 5.38. The third-order valence-corrected chi connectivity index (χ3v) is 2.37. The number of benzene rings is 1. The van der Waals surface area contributed by atoms with Gasteiger partial charge in [0.15, 0.2) is 0 Å². The van der Waals surface area contributed by atoms with Crippen molar-refractivity contribution in [3.05, 3.63) is 41.3 Å². The number of hydrogen-bond acceptors (Lipinski definition) is 5. The Morgan fingerprint density at radius 2 is 2.06 bits per heavy atom. The first kappa shape index (κ1) is 11.5. The van der Waals surface area contributed by atoms with Crippen LogP contribution in [0.25, 0.3) is 0 Å². The monoisotopic (exact) mass is 234 g/mol. The van der Waals surface area contributed by atoms with Gasteiger partial charge in [0, 0.05) is 30.8 Å². The minimum atomic E-state index is 0.0541. The van der Waals surface area contributed by atoms with Crippen LogP contribution in [0.3, 0.4) is 0 Å². The van der Waals surface area contributed by atoms with Crippen LogP contribution in [0.4, 0.5) is 0 Å². The van der Waals surface area contributed by atoms with Crippen molar-refractivity contribution in [2.45, 2.75) is 20.0 Å². The Morgan fingerprint density at radius 1 is 1.24 bits per heavy atom. The number of rotatable bonds is 4. The second-order valence-electron chi connectivity index (χ2n) is 3.85. The third kappa shape index (κ3) is 2.98. The SMILES string of the molecule is Cc1cc(CNCc2ccc(O)cc2O)no1. The van der Waals surface area contributed by atoms with Crippen molar-refractivity contribution in [1.82, 2.24) is 10.5 Å². The molecule has 0 fully saturated rings. The molecule has 0 atom stereocenters. The van der Waals surface area contributed by atoms with E-state index in [2.05, 4.69) is 10.5 Å². The van der Waals surface area contributed by atoms with Gasteiger partial charge in [-0.15, -0.1) is 0 Å². The topological polar surface area (TPSA) is 78.5 Å². The number of nitrogens with one attached hydrogen (secondary N) is 1. The molecule has 3 N–H and O–H groups in total. The standard InChI is InChI=1S/C12H14N2O3/c1-8-4-10(14-17-8)7-13-6-9-2-3-11(15)5-12(9)16/h2-5,13,15-16H,6-7H2,1H3. The normalized spacial score (nSPS) is 10.6. The molecule has 0 spiro atoms. The van der Waals surface area contributed by atoms with E-state index in [4.69, 9.17) is 9.63 Å². The van der Waals surface area contributed by atoms with E-state index in [9.17, 15) is 5.11 Å². The van der Waals surface area contributed by atoms with Crippen LogP contribution in [0.2, 0.25) is 0 Å². The molecule has 5 heteroatoms. The fourth-order valence-corrected chi connectivity index (χ4v) is 1.53. The summed E-state index contributed by atoms with van der Waals surface area (Å²) in [5, 5.41) is 25.7. The van der Waals surface area contributed by atoms with Gasteiger partial charge in [0.25, 0.3) is 0 Å². The predicted octanol–water partition coefficient (Wildman–Crippen LogP) is 1.68. The Bertz CT molecular complexity index is 508. The molecule has 0 saturated heterocycles. The lowest BCUT2D eigenvalue weighted by molar-refractivity contribution is 0.388. The van der Waals surface area contributed by atoms with Crippen molar-refractivity contribution in [1.29, 1.82) is 0 Å². The van der Waals surface area contributed by atoms with Crippen molar-refractivity contribution in [2.24, 2.45) is 0 Å². The summed E-state index contributed by atoms with van der Waals surface area (Å²) >= 11 is 0. The molecule has 0 radical (unpaired) electrons. The second kappa shape index (κ2) is 4.88. The van der Waals surface area contributed by atoms with Crippen LogP contribution in [0, 0.1) is 6.92 Å². The van der Waals surface area contributed by atoms with E-state index in [-0.39, 0.29) is 11.5 Å². The van der Waals surface area contributed by atoms with Gasteiger partial charge in [0.2, 0.25) is 0 Å². The van der Waals surface area contributed by atoms with Crippen molar-refractivity contribution in [2.75, 3.05) is 0 Å².